The smallest absolute Gasteiger partial charge is 0.185 e. The van der Waals surface area contributed by atoms with Crippen molar-refractivity contribution in [2.45, 2.75) is 25.8 Å². The van der Waals surface area contributed by atoms with Crippen LogP contribution in [0.5, 0.6) is 0 Å². The number of rotatable bonds is 6. The first-order valence-electron chi connectivity index (χ1n) is 8.37. The first kappa shape index (κ1) is 17.0. The number of aliphatic hydroxyl groups is 1. The lowest BCUT2D eigenvalue weighted by atomic mass is 10.1. The van der Waals surface area contributed by atoms with Crippen LogP contribution in [0.4, 0.5) is 16.6 Å². The van der Waals surface area contributed by atoms with Gasteiger partial charge >= 0.3 is 0 Å². The zero-order chi connectivity index (χ0) is 16.9. The molecule has 0 saturated carbocycles. The lowest BCUT2D eigenvalue weighted by Gasteiger charge is -2.32. The number of aliphatic hydroxyl groups excluding tert-OH is 1. The van der Waals surface area contributed by atoms with Crippen molar-refractivity contribution < 1.29 is 5.11 Å². The number of hydrogen-bond donors (Lipinski definition) is 2. The summed E-state index contributed by atoms with van der Waals surface area (Å²) in [6, 6.07) is 4.51. The summed E-state index contributed by atoms with van der Waals surface area (Å²) in [6.45, 7) is 4.86. The molecule has 1 saturated heterocycles. The standard InChI is InChI=1S/C17H25N5OS/c1-13-12-24-17(19-13)22-7-5-14(6-8-22)20-16-4-3-15(11-18-16)21(2)9-10-23/h3-4,11-12,14,23H,5-10H2,1-2H3,(H,18,20). The Balaban J connectivity index is 1.51. The van der Waals surface area contributed by atoms with E-state index < -0.39 is 0 Å². The van der Waals surface area contributed by atoms with Gasteiger partial charge in [0.2, 0.25) is 0 Å². The van der Waals surface area contributed by atoms with E-state index in [1.807, 2.05) is 37.2 Å². The molecule has 0 unspecified atom stereocenters. The summed E-state index contributed by atoms with van der Waals surface area (Å²) in [6.07, 6.45) is 4.03. The summed E-state index contributed by atoms with van der Waals surface area (Å²) in [7, 11) is 1.95. The molecule has 0 radical (unpaired) electrons. The number of pyridine rings is 1. The molecule has 0 spiro atoms. The predicted octanol–water partition coefficient (Wildman–Crippen LogP) is 2.36. The molecule has 3 heterocycles. The highest BCUT2D eigenvalue weighted by Crippen LogP contribution is 2.25. The fourth-order valence-corrected chi connectivity index (χ4v) is 3.74. The van der Waals surface area contributed by atoms with Crippen LogP contribution in [0.1, 0.15) is 18.5 Å². The molecular formula is C17H25N5OS. The fourth-order valence-electron chi connectivity index (χ4n) is 2.89. The maximum absolute atomic E-state index is 8.99. The zero-order valence-electron chi connectivity index (χ0n) is 14.3. The van der Waals surface area contributed by atoms with Gasteiger partial charge in [-0.1, -0.05) is 0 Å². The molecule has 0 atom stereocenters. The average molecular weight is 347 g/mol. The number of piperidine rings is 1. The fraction of sp³-hybridized carbons (Fsp3) is 0.529. The van der Waals surface area contributed by atoms with Crippen LogP contribution in [0.3, 0.4) is 0 Å². The highest BCUT2D eigenvalue weighted by Gasteiger charge is 2.21. The number of likely N-dealkylation sites (N-methyl/N-ethyl adjacent to an activating group) is 1. The summed E-state index contributed by atoms with van der Waals surface area (Å²) >= 11 is 1.73. The lowest BCUT2D eigenvalue weighted by molar-refractivity contribution is 0.304. The van der Waals surface area contributed by atoms with Crippen LogP contribution in [-0.2, 0) is 0 Å². The van der Waals surface area contributed by atoms with E-state index in [-0.39, 0.29) is 6.61 Å². The van der Waals surface area contributed by atoms with Crippen molar-refractivity contribution in [2.75, 3.05) is 48.4 Å². The SMILES string of the molecule is Cc1csc(N2CCC(Nc3ccc(N(C)CCO)cn3)CC2)n1. The van der Waals surface area contributed by atoms with Gasteiger partial charge in [-0.2, -0.15) is 0 Å². The van der Waals surface area contributed by atoms with Gasteiger partial charge in [-0.05, 0) is 31.9 Å². The van der Waals surface area contributed by atoms with E-state index in [0.717, 1.165) is 48.3 Å². The van der Waals surface area contributed by atoms with Crippen LogP contribution in [-0.4, -0.2) is 54.4 Å². The van der Waals surface area contributed by atoms with Crippen LogP contribution >= 0.6 is 11.3 Å². The molecule has 2 aromatic rings. The molecule has 7 heteroatoms. The van der Waals surface area contributed by atoms with E-state index in [1.165, 1.54) is 0 Å². The minimum atomic E-state index is 0.147. The minimum Gasteiger partial charge on any atom is -0.395 e. The average Bonchev–Trinajstić information content (AvgIpc) is 3.03. The Bertz CT molecular complexity index is 637. The van der Waals surface area contributed by atoms with Crippen LogP contribution in [0.2, 0.25) is 0 Å². The van der Waals surface area contributed by atoms with E-state index >= 15 is 0 Å². The summed E-state index contributed by atoms with van der Waals surface area (Å²) in [5.41, 5.74) is 2.12. The molecule has 130 valence electrons. The predicted molar refractivity (Wildman–Crippen MR) is 100 cm³/mol. The maximum Gasteiger partial charge on any atom is 0.185 e. The van der Waals surface area contributed by atoms with Gasteiger partial charge in [0.25, 0.3) is 0 Å². The molecule has 0 aliphatic carbocycles. The molecule has 0 bridgehead atoms. The van der Waals surface area contributed by atoms with Crippen LogP contribution in [0, 0.1) is 6.92 Å². The Morgan fingerprint density at radius 2 is 2.17 bits per heavy atom. The molecular weight excluding hydrogens is 322 g/mol. The Morgan fingerprint density at radius 1 is 1.38 bits per heavy atom. The first-order valence-corrected chi connectivity index (χ1v) is 9.25. The van der Waals surface area contributed by atoms with Crippen molar-refractivity contribution in [3.63, 3.8) is 0 Å². The Morgan fingerprint density at radius 3 is 2.75 bits per heavy atom. The first-order chi connectivity index (χ1) is 11.7. The second kappa shape index (κ2) is 7.81. The second-order valence-corrected chi connectivity index (χ2v) is 7.06. The number of thiazole rings is 1. The molecule has 3 rings (SSSR count). The number of nitrogens with zero attached hydrogens (tertiary/aromatic N) is 4. The summed E-state index contributed by atoms with van der Waals surface area (Å²) in [4.78, 5) is 13.4. The van der Waals surface area contributed by atoms with Gasteiger partial charge in [-0.25, -0.2) is 9.97 Å². The third-order valence-corrected chi connectivity index (χ3v) is 5.37. The van der Waals surface area contributed by atoms with Crippen molar-refractivity contribution in [2.24, 2.45) is 0 Å². The van der Waals surface area contributed by atoms with Gasteiger partial charge in [-0.15, -0.1) is 11.3 Å². The van der Waals surface area contributed by atoms with Gasteiger partial charge < -0.3 is 20.2 Å². The van der Waals surface area contributed by atoms with Gasteiger partial charge in [0.15, 0.2) is 5.13 Å². The van der Waals surface area contributed by atoms with Crippen LogP contribution < -0.4 is 15.1 Å². The Labute approximate surface area is 147 Å². The molecule has 24 heavy (non-hydrogen) atoms. The number of aromatic nitrogens is 2. The summed E-state index contributed by atoms with van der Waals surface area (Å²) in [5.74, 6) is 0.916. The van der Waals surface area contributed by atoms with Gasteiger partial charge in [0.05, 0.1) is 24.2 Å². The normalized spacial score (nSPS) is 15.5. The Kier molecular flexibility index (Phi) is 5.52. The van der Waals surface area contributed by atoms with Crippen molar-refractivity contribution >= 4 is 28.0 Å². The molecule has 2 aromatic heterocycles. The quantitative estimate of drug-likeness (QED) is 0.836. The third kappa shape index (κ3) is 4.15. The molecule has 0 aromatic carbocycles. The minimum absolute atomic E-state index is 0.147. The van der Waals surface area contributed by atoms with Crippen LogP contribution in [0.25, 0.3) is 0 Å². The van der Waals surface area contributed by atoms with Gasteiger partial charge in [0.1, 0.15) is 5.82 Å². The van der Waals surface area contributed by atoms with Gasteiger partial charge in [-0.3, -0.25) is 0 Å². The van der Waals surface area contributed by atoms with E-state index in [1.54, 1.807) is 11.3 Å². The highest BCUT2D eigenvalue weighted by atomic mass is 32.1. The van der Waals surface area contributed by atoms with E-state index in [4.69, 9.17) is 5.11 Å². The van der Waals surface area contributed by atoms with E-state index in [9.17, 15) is 0 Å². The largest absolute Gasteiger partial charge is 0.395 e. The third-order valence-electron chi connectivity index (χ3n) is 4.35. The summed E-state index contributed by atoms with van der Waals surface area (Å²) < 4.78 is 0. The monoisotopic (exact) mass is 347 g/mol. The molecule has 2 N–H and O–H groups in total. The second-order valence-electron chi connectivity index (χ2n) is 6.22. The molecule has 1 fully saturated rings. The Hall–Kier alpha value is -1.86. The number of nitrogens with one attached hydrogen (secondary N) is 1. The maximum atomic E-state index is 8.99. The van der Waals surface area contributed by atoms with Crippen LogP contribution in [0.15, 0.2) is 23.7 Å². The number of hydrogen-bond acceptors (Lipinski definition) is 7. The van der Waals surface area contributed by atoms with Crippen molar-refractivity contribution in [1.29, 1.82) is 0 Å². The molecule has 1 aliphatic rings. The summed E-state index contributed by atoms with van der Waals surface area (Å²) in [5, 5.41) is 15.8. The number of aryl methyl sites for hydroxylation is 1. The molecule has 1 aliphatic heterocycles. The topological polar surface area (TPSA) is 64.5 Å². The van der Waals surface area contributed by atoms with Crippen molar-refractivity contribution in [1.82, 2.24) is 9.97 Å². The number of anilines is 3. The van der Waals surface area contributed by atoms with Crippen molar-refractivity contribution in [3.8, 4) is 0 Å². The van der Waals surface area contributed by atoms with Gasteiger partial charge in [0, 0.05) is 38.1 Å². The van der Waals surface area contributed by atoms with Crippen molar-refractivity contribution in [3.05, 3.63) is 29.4 Å². The molecule has 0 amide bonds. The van der Waals surface area contributed by atoms with E-state index in [0.29, 0.717) is 12.6 Å². The molecule has 6 nitrogen and oxygen atoms in total. The van der Waals surface area contributed by atoms with E-state index in [2.05, 4.69) is 25.6 Å². The highest BCUT2D eigenvalue weighted by molar-refractivity contribution is 7.13. The lowest BCUT2D eigenvalue weighted by Crippen LogP contribution is -2.39. The zero-order valence-corrected chi connectivity index (χ0v) is 15.1.